The van der Waals surface area contributed by atoms with Crippen LogP contribution in [0.4, 0.5) is 13.2 Å². The van der Waals surface area contributed by atoms with Crippen LogP contribution in [0.2, 0.25) is 0 Å². The number of nitrogens with one attached hydrogen (secondary N) is 1. The van der Waals surface area contributed by atoms with E-state index in [1.54, 1.807) is 12.1 Å². The Morgan fingerprint density at radius 3 is 2.83 bits per heavy atom. The van der Waals surface area contributed by atoms with Crippen LogP contribution >= 0.6 is 0 Å². The summed E-state index contributed by atoms with van der Waals surface area (Å²) in [7, 11) is 0. The summed E-state index contributed by atoms with van der Waals surface area (Å²) in [5.41, 5.74) is 2.74. The monoisotopic (exact) mass is 401 g/mol. The molecule has 5 nitrogen and oxygen atoms in total. The molecule has 1 aromatic carbocycles. The Bertz CT molecular complexity index is 1060. The molecule has 0 aliphatic heterocycles. The van der Waals surface area contributed by atoms with Crippen LogP contribution in [-0.2, 0) is 6.54 Å². The van der Waals surface area contributed by atoms with E-state index in [2.05, 4.69) is 15.3 Å². The van der Waals surface area contributed by atoms with Crippen LogP contribution in [0.15, 0.2) is 53.4 Å². The summed E-state index contributed by atoms with van der Waals surface area (Å²) < 4.78 is 43.8. The molecule has 2 heterocycles. The maximum absolute atomic E-state index is 12.9. The number of halogens is 3. The van der Waals surface area contributed by atoms with Crippen LogP contribution < -0.4 is 5.32 Å². The van der Waals surface area contributed by atoms with Gasteiger partial charge in [0.25, 0.3) is 5.91 Å². The lowest BCUT2D eigenvalue weighted by molar-refractivity contribution is -0.175. The van der Waals surface area contributed by atoms with E-state index in [4.69, 9.17) is 4.42 Å². The molecule has 0 unspecified atom stereocenters. The zero-order chi connectivity index (χ0) is 20.4. The molecule has 1 aliphatic rings. The Balaban J connectivity index is 1.55. The van der Waals surface area contributed by atoms with Gasteiger partial charge in [-0.3, -0.25) is 9.78 Å². The molecule has 29 heavy (non-hydrogen) atoms. The fourth-order valence-electron chi connectivity index (χ4n) is 3.52. The van der Waals surface area contributed by atoms with Crippen molar-refractivity contribution in [1.82, 2.24) is 15.3 Å². The predicted molar refractivity (Wildman–Crippen MR) is 101 cm³/mol. The van der Waals surface area contributed by atoms with Crippen LogP contribution in [0.1, 0.15) is 41.1 Å². The minimum absolute atomic E-state index is 0.0173. The zero-order valence-corrected chi connectivity index (χ0v) is 15.4. The van der Waals surface area contributed by atoms with E-state index in [1.807, 2.05) is 18.2 Å². The molecule has 1 amide bonds. The van der Waals surface area contributed by atoms with Crippen molar-refractivity contribution in [1.29, 1.82) is 0 Å². The number of fused-ring (bicyclic) bond motifs is 1. The number of amides is 1. The van der Waals surface area contributed by atoms with Crippen molar-refractivity contribution in [3.8, 4) is 0 Å². The quantitative estimate of drug-likeness (QED) is 0.675. The lowest BCUT2D eigenvalue weighted by Gasteiger charge is -2.24. The third-order valence-electron chi connectivity index (χ3n) is 5.08. The SMILES string of the molecule is O=C(NCc1ncco1)c1cnc2c(C3=CC[C@@H](C(F)(F)F)CC3)cccc2c1. The number of aromatic nitrogens is 2. The maximum atomic E-state index is 12.9. The van der Waals surface area contributed by atoms with Crippen molar-refractivity contribution in [3.63, 3.8) is 0 Å². The van der Waals surface area contributed by atoms with Crippen LogP contribution in [-0.4, -0.2) is 22.1 Å². The average molecular weight is 401 g/mol. The molecule has 1 N–H and O–H groups in total. The third kappa shape index (κ3) is 4.16. The fraction of sp³-hybridized carbons (Fsp3) is 0.286. The molecule has 0 saturated heterocycles. The van der Waals surface area contributed by atoms with Crippen LogP contribution in [0.5, 0.6) is 0 Å². The molecule has 2 aromatic heterocycles. The summed E-state index contributed by atoms with van der Waals surface area (Å²) in [4.78, 5) is 20.7. The van der Waals surface area contributed by atoms with E-state index < -0.39 is 12.1 Å². The molecule has 1 atom stereocenters. The molecule has 0 saturated carbocycles. The van der Waals surface area contributed by atoms with Gasteiger partial charge in [0, 0.05) is 17.1 Å². The van der Waals surface area contributed by atoms with Gasteiger partial charge in [0.15, 0.2) is 0 Å². The van der Waals surface area contributed by atoms with Gasteiger partial charge in [-0.15, -0.1) is 0 Å². The number of oxazole rings is 1. The normalized spacial score (nSPS) is 17.2. The number of rotatable bonds is 4. The lowest BCUT2D eigenvalue weighted by Crippen LogP contribution is -2.24. The second-order valence-corrected chi connectivity index (χ2v) is 6.95. The molecule has 150 valence electrons. The minimum atomic E-state index is -4.16. The number of carbonyl (C=O) groups excluding carboxylic acids is 1. The number of benzene rings is 1. The molecule has 0 bridgehead atoms. The van der Waals surface area contributed by atoms with Gasteiger partial charge in [-0.1, -0.05) is 24.3 Å². The minimum Gasteiger partial charge on any atom is -0.447 e. The van der Waals surface area contributed by atoms with Crippen molar-refractivity contribution in [2.45, 2.75) is 32.0 Å². The van der Waals surface area contributed by atoms with Gasteiger partial charge in [-0.05, 0) is 30.9 Å². The van der Waals surface area contributed by atoms with Crippen molar-refractivity contribution < 1.29 is 22.4 Å². The van der Waals surface area contributed by atoms with Crippen LogP contribution in [0.3, 0.4) is 0 Å². The molecule has 4 rings (SSSR count). The summed E-state index contributed by atoms with van der Waals surface area (Å²) in [6.45, 7) is 0.164. The highest BCUT2D eigenvalue weighted by atomic mass is 19.4. The Kier molecular flexibility index (Phi) is 5.08. The van der Waals surface area contributed by atoms with E-state index in [1.165, 1.54) is 18.7 Å². The van der Waals surface area contributed by atoms with Gasteiger partial charge in [0.1, 0.15) is 6.26 Å². The van der Waals surface area contributed by atoms with Gasteiger partial charge in [-0.25, -0.2) is 4.98 Å². The summed E-state index contributed by atoms with van der Waals surface area (Å²) >= 11 is 0. The smallest absolute Gasteiger partial charge is 0.392 e. The van der Waals surface area contributed by atoms with Crippen molar-refractivity contribution >= 4 is 22.4 Å². The van der Waals surface area contributed by atoms with E-state index in [-0.39, 0.29) is 25.3 Å². The number of alkyl halides is 3. The summed E-state index contributed by atoms with van der Waals surface area (Å²) in [6, 6.07) is 7.24. The zero-order valence-electron chi connectivity index (χ0n) is 15.4. The van der Waals surface area contributed by atoms with Gasteiger partial charge in [-0.2, -0.15) is 13.2 Å². The summed E-state index contributed by atoms with van der Waals surface area (Å²) in [5.74, 6) is -1.20. The molecule has 0 fully saturated rings. The maximum Gasteiger partial charge on any atom is 0.392 e. The summed E-state index contributed by atoms with van der Waals surface area (Å²) in [6.07, 6.45) is 2.31. The number of pyridine rings is 1. The second-order valence-electron chi connectivity index (χ2n) is 6.95. The van der Waals surface area contributed by atoms with Crippen molar-refractivity contribution in [2.24, 2.45) is 5.92 Å². The van der Waals surface area contributed by atoms with Gasteiger partial charge >= 0.3 is 6.18 Å². The fourth-order valence-corrected chi connectivity index (χ4v) is 3.52. The third-order valence-corrected chi connectivity index (χ3v) is 5.08. The summed E-state index contributed by atoms with van der Waals surface area (Å²) in [5, 5.41) is 3.46. The number of hydrogen-bond acceptors (Lipinski definition) is 4. The van der Waals surface area contributed by atoms with Gasteiger partial charge in [0.05, 0.1) is 29.7 Å². The van der Waals surface area contributed by atoms with Gasteiger partial charge in [0.2, 0.25) is 5.89 Å². The number of para-hydroxylation sites is 1. The van der Waals surface area contributed by atoms with Gasteiger partial charge < -0.3 is 9.73 Å². The molecule has 1 aliphatic carbocycles. The average Bonchev–Trinajstić information content (AvgIpc) is 3.24. The molecule has 3 aromatic rings. The van der Waals surface area contributed by atoms with Crippen LogP contribution in [0, 0.1) is 5.92 Å². The molecule has 0 radical (unpaired) electrons. The highest BCUT2D eigenvalue weighted by molar-refractivity contribution is 5.99. The van der Waals surface area contributed by atoms with Crippen molar-refractivity contribution in [3.05, 3.63) is 66.0 Å². The molecular formula is C21H18F3N3O2. The molecule has 0 spiro atoms. The standard InChI is InChI=1S/C21H18F3N3O2/c22-21(23,24)16-6-4-13(5-7-16)17-3-1-2-14-10-15(11-26-19(14)17)20(28)27-12-18-25-8-9-29-18/h1-4,8-11,16H,5-7,12H2,(H,27,28)/t16-/m1/s1. The lowest BCUT2D eigenvalue weighted by atomic mass is 9.85. The first-order valence-corrected chi connectivity index (χ1v) is 9.23. The number of hydrogen-bond donors (Lipinski definition) is 1. The Hall–Kier alpha value is -3.16. The molecule has 8 heteroatoms. The first-order valence-electron chi connectivity index (χ1n) is 9.23. The van der Waals surface area contributed by atoms with E-state index in [0.717, 1.165) is 16.5 Å². The first kappa shape index (κ1) is 19.2. The second kappa shape index (κ2) is 7.69. The van der Waals surface area contributed by atoms with E-state index in [0.29, 0.717) is 23.4 Å². The van der Waals surface area contributed by atoms with Crippen LogP contribution in [0.25, 0.3) is 16.5 Å². The number of nitrogens with zero attached hydrogens (tertiary/aromatic N) is 2. The Morgan fingerprint density at radius 2 is 2.14 bits per heavy atom. The largest absolute Gasteiger partial charge is 0.447 e. The number of allylic oxidation sites excluding steroid dienone is 2. The van der Waals surface area contributed by atoms with Crippen molar-refractivity contribution in [2.75, 3.05) is 0 Å². The highest BCUT2D eigenvalue weighted by Crippen LogP contribution is 2.40. The highest BCUT2D eigenvalue weighted by Gasteiger charge is 2.39. The van der Waals surface area contributed by atoms with E-state index >= 15 is 0 Å². The molecular weight excluding hydrogens is 383 g/mol. The van der Waals surface area contributed by atoms with E-state index in [9.17, 15) is 18.0 Å². The number of carbonyl (C=O) groups is 1. The Labute approximate surface area is 164 Å². The predicted octanol–water partition coefficient (Wildman–Crippen LogP) is 4.90. The Morgan fingerprint density at radius 1 is 1.28 bits per heavy atom. The first-order chi connectivity index (χ1) is 13.9. The topological polar surface area (TPSA) is 68.0 Å².